The summed E-state index contributed by atoms with van der Waals surface area (Å²) in [4.78, 5) is 23.3. The van der Waals surface area contributed by atoms with Crippen molar-refractivity contribution in [1.29, 1.82) is 0 Å². The topological polar surface area (TPSA) is 63.6 Å². The SMILES string of the molecule is CCOC(=O)C(=O)c1cc2c(c(Cl)c1O)CCCC2. The summed E-state index contributed by atoms with van der Waals surface area (Å²) in [6.45, 7) is 1.73. The molecule has 0 heterocycles. The number of benzene rings is 1. The van der Waals surface area contributed by atoms with Crippen LogP contribution in [-0.4, -0.2) is 23.5 Å². The molecular weight excluding hydrogens is 268 g/mol. The molecule has 102 valence electrons. The Morgan fingerprint density at radius 1 is 1.37 bits per heavy atom. The molecule has 4 nitrogen and oxygen atoms in total. The molecule has 0 saturated heterocycles. The third-order valence-corrected chi connectivity index (χ3v) is 3.67. The van der Waals surface area contributed by atoms with E-state index in [9.17, 15) is 14.7 Å². The van der Waals surface area contributed by atoms with Gasteiger partial charge in [0.05, 0.1) is 17.2 Å². The highest BCUT2D eigenvalue weighted by Crippen LogP contribution is 2.37. The number of esters is 1. The zero-order valence-corrected chi connectivity index (χ0v) is 11.4. The van der Waals surface area contributed by atoms with Gasteiger partial charge in [0.15, 0.2) is 0 Å². The highest BCUT2D eigenvalue weighted by Gasteiger charge is 2.26. The standard InChI is InChI=1S/C14H15ClO4/c1-2-19-14(18)13(17)10-7-8-5-3-4-6-9(8)11(15)12(10)16/h7,16H,2-6H2,1H3. The number of phenols is 1. The summed E-state index contributed by atoms with van der Waals surface area (Å²) in [5.41, 5.74) is 1.75. The van der Waals surface area contributed by atoms with E-state index in [2.05, 4.69) is 4.74 Å². The Morgan fingerprint density at radius 2 is 2.05 bits per heavy atom. The summed E-state index contributed by atoms with van der Waals surface area (Å²) in [5.74, 6) is -2.14. The normalized spacial score (nSPS) is 13.8. The third kappa shape index (κ3) is 2.59. The van der Waals surface area contributed by atoms with Crippen molar-refractivity contribution in [2.24, 2.45) is 0 Å². The summed E-state index contributed by atoms with van der Waals surface area (Å²) in [6.07, 6.45) is 3.62. The molecular formula is C14H15ClO4. The van der Waals surface area contributed by atoms with Crippen molar-refractivity contribution in [1.82, 2.24) is 0 Å². The fourth-order valence-corrected chi connectivity index (χ4v) is 2.64. The molecule has 0 aromatic heterocycles. The van der Waals surface area contributed by atoms with Gasteiger partial charge in [0.1, 0.15) is 5.75 Å². The summed E-state index contributed by atoms with van der Waals surface area (Å²) >= 11 is 6.09. The number of halogens is 1. The van der Waals surface area contributed by atoms with Gasteiger partial charge in [-0.3, -0.25) is 4.79 Å². The Hall–Kier alpha value is -1.55. The monoisotopic (exact) mass is 282 g/mol. The molecule has 2 rings (SSSR count). The van der Waals surface area contributed by atoms with Crippen molar-refractivity contribution in [3.8, 4) is 5.75 Å². The van der Waals surface area contributed by atoms with Gasteiger partial charge in [-0.1, -0.05) is 11.6 Å². The second kappa shape index (κ2) is 5.61. The van der Waals surface area contributed by atoms with E-state index >= 15 is 0 Å². The van der Waals surface area contributed by atoms with Crippen LogP contribution < -0.4 is 0 Å². The van der Waals surface area contributed by atoms with Crippen LogP contribution in [0.4, 0.5) is 0 Å². The summed E-state index contributed by atoms with van der Waals surface area (Å²) in [6, 6.07) is 1.56. The lowest BCUT2D eigenvalue weighted by atomic mass is 9.89. The lowest BCUT2D eigenvalue weighted by molar-refractivity contribution is -0.137. The van der Waals surface area contributed by atoms with Crippen LogP contribution in [0.2, 0.25) is 5.02 Å². The molecule has 0 saturated carbocycles. The van der Waals surface area contributed by atoms with Crippen LogP contribution in [0.1, 0.15) is 41.3 Å². The van der Waals surface area contributed by atoms with Crippen molar-refractivity contribution in [3.63, 3.8) is 0 Å². The number of ketones is 1. The fraction of sp³-hybridized carbons (Fsp3) is 0.429. The second-order valence-electron chi connectivity index (χ2n) is 4.48. The van der Waals surface area contributed by atoms with Gasteiger partial charge in [0.25, 0.3) is 5.78 Å². The Balaban J connectivity index is 2.44. The molecule has 0 fully saturated rings. The molecule has 1 aliphatic rings. The van der Waals surface area contributed by atoms with E-state index in [0.717, 1.165) is 36.8 Å². The maximum Gasteiger partial charge on any atom is 0.379 e. The van der Waals surface area contributed by atoms with Crippen molar-refractivity contribution in [3.05, 3.63) is 27.8 Å². The average Bonchev–Trinajstić information content (AvgIpc) is 2.42. The molecule has 0 unspecified atom stereocenters. The zero-order valence-electron chi connectivity index (χ0n) is 10.7. The number of phenolic OH excluding ortho intramolecular Hbond substituents is 1. The first kappa shape index (κ1) is 13.9. The highest BCUT2D eigenvalue weighted by atomic mass is 35.5. The van der Waals surface area contributed by atoms with Crippen LogP contribution >= 0.6 is 11.6 Å². The summed E-state index contributed by atoms with van der Waals surface area (Å²) < 4.78 is 4.65. The van der Waals surface area contributed by atoms with Gasteiger partial charge in [0, 0.05) is 0 Å². The molecule has 0 atom stereocenters. The van der Waals surface area contributed by atoms with Gasteiger partial charge < -0.3 is 9.84 Å². The number of Topliss-reactive ketones (excluding diaryl/α,β-unsaturated/α-hetero) is 1. The Labute approximate surface area is 116 Å². The first-order valence-corrected chi connectivity index (χ1v) is 6.68. The predicted molar refractivity (Wildman–Crippen MR) is 70.7 cm³/mol. The first-order valence-electron chi connectivity index (χ1n) is 6.31. The quantitative estimate of drug-likeness (QED) is 0.526. The Morgan fingerprint density at radius 3 is 2.74 bits per heavy atom. The molecule has 0 amide bonds. The maximum atomic E-state index is 11.9. The molecule has 0 spiro atoms. The van der Waals surface area contributed by atoms with E-state index < -0.39 is 11.8 Å². The Bertz CT molecular complexity index is 537. The zero-order chi connectivity index (χ0) is 14.0. The minimum atomic E-state index is -0.968. The van der Waals surface area contributed by atoms with Crippen molar-refractivity contribution in [2.45, 2.75) is 32.6 Å². The van der Waals surface area contributed by atoms with E-state index in [1.807, 2.05) is 0 Å². The first-order chi connectivity index (χ1) is 9.06. The summed E-state index contributed by atoms with van der Waals surface area (Å²) in [7, 11) is 0. The lowest BCUT2D eigenvalue weighted by Crippen LogP contribution is -2.18. The van der Waals surface area contributed by atoms with E-state index in [1.54, 1.807) is 13.0 Å². The largest absolute Gasteiger partial charge is 0.506 e. The van der Waals surface area contributed by atoms with Crippen LogP contribution in [0.5, 0.6) is 5.75 Å². The number of hydrogen-bond donors (Lipinski definition) is 1. The van der Waals surface area contributed by atoms with Crippen molar-refractivity contribution >= 4 is 23.4 Å². The van der Waals surface area contributed by atoms with Gasteiger partial charge in [-0.25, -0.2) is 4.79 Å². The molecule has 5 heteroatoms. The number of ether oxygens (including phenoxy) is 1. The van der Waals surface area contributed by atoms with Crippen molar-refractivity contribution in [2.75, 3.05) is 6.61 Å². The van der Waals surface area contributed by atoms with E-state index in [1.165, 1.54) is 0 Å². The van der Waals surface area contributed by atoms with Crippen LogP contribution in [-0.2, 0) is 22.4 Å². The van der Waals surface area contributed by atoms with Gasteiger partial charge in [-0.2, -0.15) is 0 Å². The average molecular weight is 283 g/mol. The molecule has 1 aliphatic carbocycles. The number of fused-ring (bicyclic) bond motifs is 1. The van der Waals surface area contributed by atoms with Crippen LogP contribution in [0.25, 0.3) is 0 Å². The van der Waals surface area contributed by atoms with E-state index in [-0.39, 0.29) is 22.9 Å². The van der Waals surface area contributed by atoms with Gasteiger partial charge in [-0.15, -0.1) is 0 Å². The van der Waals surface area contributed by atoms with Crippen LogP contribution in [0, 0.1) is 0 Å². The molecule has 0 aliphatic heterocycles. The maximum absolute atomic E-state index is 11.9. The smallest absolute Gasteiger partial charge is 0.379 e. The van der Waals surface area contributed by atoms with E-state index in [4.69, 9.17) is 11.6 Å². The van der Waals surface area contributed by atoms with Gasteiger partial charge in [0.2, 0.25) is 0 Å². The molecule has 19 heavy (non-hydrogen) atoms. The Kier molecular flexibility index (Phi) is 4.10. The van der Waals surface area contributed by atoms with Gasteiger partial charge >= 0.3 is 5.97 Å². The minimum Gasteiger partial charge on any atom is -0.506 e. The third-order valence-electron chi connectivity index (χ3n) is 3.26. The van der Waals surface area contributed by atoms with Crippen LogP contribution in [0.3, 0.4) is 0 Å². The molecule has 0 bridgehead atoms. The second-order valence-corrected chi connectivity index (χ2v) is 4.86. The number of rotatable bonds is 3. The predicted octanol–water partition coefficient (Wildman–Crippen LogP) is 2.67. The summed E-state index contributed by atoms with van der Waals surface area (Å²) in [5, 5.41) is 10.2. The van der Waals surface area contributed by atoms with Crippen molar-refractivity contribution < 1.29 is 19.4 Å². The van der Waals surface area contributed by atoms with Gasteiger partial charge in [-0.05, 0) is 49.8 Å². The molecule has 1 N–H and O–H groups in total. The number of aromatic hydroxyl groups is 1. The number of hydrogen-bond acceptors (Lipinski definition) is 4. The molecule has 1 aromatic carbocycles. The number of carbonyl (C=O) groups is 2. The lowest BCUT2D eigenvalue weighted by Gasteiger charge is -2.19. The fourth-order valence-electron chi connectivity index (χ4n) is 2.32. The highest BCUT2D eigenvalue weighted by molar-refractivity contribution is 6.42. The molecule has 1 aromatic rings. The number of carbonyl (C=O) groups excluding carboxylic acids is 2. The van der Waals surface area contributed by atoms with Crippen LogP contribution in [0.15, 0.2) is 6.07 Å². The van der Waals surface area contributed by atoms with E-state index in [0.29, 0.717) is 0 Å². The molecule has 0 radical (unpaired) electrons. The number of aryl methyl sites for hydroxylation is 1. The minimum absolute atomic E-state index is 0.0656.